The molecular weight excluding hydrogens is 338 g/mol. The number of carbonyl (C=O) groups excluding carboxylic acids is 1. The maximum absolute atomic E-state index is 12.5. The van der Waals surface area contributed by atoms with Crippen molar-refractivity contribution in [3.05, 3.63) is 53.3 Å². The van der Waals surface area contributed by atoms with Crippen molar-refractivity contribution in [2.45, 2.75) is 63.9 Å². The molecule has 146 valence electrons. The highest BCUT2D eigenvalue weighted by atomic mass is 16.5. The fraction of sp³-hybridized carbons (Fsp3) is 0.545. The third-order valence-corrected chi connectivity index (χ3v) is 5.50. The standard InChI is InChI=1S/C22H31N3O2/c1-4-8-18-15-19(25-24-18)20(26)23-13-11-22(17-9-6-5-7-10-17)12-14-27-21(2,3)16-22/h5-7,9-10,15H,4,8,11-14,16H2,1-3H3,(H,23,26)(H,24,25)/t22-/m1/s1. The molecule has 3 rings (SSSR count). The highest BCUT2D eigenvalue weighted by molar-refractivity contribution is 5.92. The van der Waals surface area contributed by atoms with Crippen LogP contribution in [-0.2, 0) is 16.6 Å². The number of benzene rings is 1. The minimum atomic E-state index is -0.157. The van der Waals surface area contributed by atoms with Crippen molar-refractivity contribution in [1.82, 2.24) is 15.5 Å². The quantitative estimate of drug-likeness (QED) is 0.775. The zero-order chi connectivity index (χ0) is 19.3. The predicted molar refractivity (Wildman–Crippen MR) is 107 cm³/mol. The number of hydrogen-bond acceptors (Lipinski definition) is 3. The minimum absolute atomic E-state index is 0.0231. The smallest absolute Gasteiger partial charge is 0.271 e. The summed E-state index contributed by atoms with van der Waals surface area (Å²) in [5.74, 6) is -0.108. The van der Waals surface area contributed by atoms with Gasteiger partial charge in [-0.15, -0.1) is 0 Å². The van der Waals surface area contributed by atoms with E-state index in [2.05, 4.69) is 66.6 Å². The maximum Gasteiger partial charge on any atom is 0.271 e. The molecule has 1 aliphatic rings. The van der Waals surface area contributed by atoms with Crippen molar-refractivity contribution >= 4 is 5.91 Å². The molecule has 1 aliphatic heterocycles. The van der Waals surface area contributed by atoms with Gasteiger partial charge < -0.3 is 10.1 Å². The molecule has 2 aromatic rings. The molecule has 0 saturated carbocycles. The second kappa shape index (κ2) is 8.26. The summed E-state index contributed by atoms with van der Waals surface area (Å²) in [5.41, 5.74) is 2.68. The first kappa shape index (κ1) is 19.6. The van der Waals surface area contributed by atoms with Crippen molar-refractivity contribution in [3.8, 4) is 0 Å². The Morgan fingerprint density at radius 3 is 2.78 bits per heavy atom. The van der Waals surface area contributed by atoms with Crippen LogP contribution in [-0.4, -0.2) is 34.9 Å². The van der Waals surface area contributed by atoms with Crippen LogP contribution < -0.4 is 5.32 Å². The molecule has 1 aromatic carbocycles. The van der Waals surface area contributed by atoms with E-state index in [-0.39, 0.29) is 16.9 Å². The van der Waals surface area contributed by atoms with Gasteiger partial charge >= 0.3 is 0 Å². The third kappa shape index (κ3) is 4.78. The van der Waals surface area contributed by atoms with Gasteiger partial charge in [0.1, 0.15) is 5.69 Å². The summed E-state index contributed by atoms with van der Waals surface area (Å²) < 4.78 is 5.96. The second-order valence-corrected chi connectivity index (χ2v) is 8.22. The van der Waals surface area contributed by atoms with E-state index in [1.54, 1.807) is 0 Å². The van der Waals surface area contributed by atoms with Crippen molar-refractivity contribution in [1.29, 1.82) is 0 Å². The number of nitrogens with one attached hydrogen (secondary N) is 2. The number of nitrogens with zero attached hydrogens (tertiary/aromatic N) is 1. The van der Waals surface area contributed by atoms with Gasteiger partial charge in [0.2, 0.25) is 0 Å². The van der Waals surface area contributed by atoms with Crippen LogP contribution >= 0.6 is 0 Å². The average Bonchev–Trinajstić information content (AvgIpc) is 3.11. The van der Waals surface area contributed by atoms with Gasteiger partial charge in [-0.3, -0.25) is 9.89 Å². The molecule has 1 aromatic heterocycles. The summed E-state index contributed by atoms with van der Waals surface area (Å²) >= 11 is 0. The van der Waals surface area contributed by atoms with Gasteiger partial charge in [0.25, 0.3) is 5.91 Å². The van der Waals surface area contributed by atoms with E-state index in [1.165, 1.54) is 5.56 Å². The van der Waals surface area contributed by atoms with Crippen molar-refractivity contribution in [2.75, 3.05) is 13.2 Å². The van der Waals surface area contributed by atoms with Crippen LogP contribution in [0.5, 0.6) is 0 Å². The zero-order valence-corrected chi connectivity index (χ0v) is 16.7. The average molecular weight is 370 g/mol. The molecule has 2 heterocycles. The van der Waals surface area contributed by atoms with E-state index in [0.29, 0.717) is 12.2 Å². The number of aromatic nitrogens is 2. The largest absolute Gasteiger partial charge is 0.376 e. The lowest BCUT2D eigenvalue weighted by atomic mass is 9.67. The highest BCUT2D eigenvalue weighted by Crippen LogP contribution is 2.43. The molecule has 0 aliphatic carbocycles. The monoisotopic (exact) mass is 369 g/mol. The summed E-state index contributed by atoms with van der Waals surface area (Å²) in [6, 6.07) is 12.5. The Morgan fingerprint density at radius 2 is 2.07 bits per heavy atom. The molecule has 5 nitrogen and oxygen atoms in total. The molecule has 1 atom stereocenters. The van der Waals surface area contributed by atoms with E-state index < -0.39 is 0 Å². The van der Waals surface area contributed by atoms with Crippen LogP contribution in [0.3, 0.4) is 0 Å². The lowest BCUT2D eigenvalue weighted by Gasteiger charge is -2.45. The number of ether oxygens (including phenoxy) is 1. The second-order valence-electron chi connectivity index (χ2n) is 8.22. The molecule has 1 saturated heterocycles. The molecule has 0 unspecified atom stereocenters. The number of aromatic amines is 1. The van der Waals surface area contributed by atoms with Gasteiger partial charge in [0.05, 0.1) is 5.60 Å². The molecular formula is C22H31N3O2. The number of amides is 1. The molecule has 5 heteroatoms. The Hall–Kier alpha value is -2.14. The predicted octanol–water partition coefficient (Wildman–Crippen LogP) is 4.01. The van der Waals surface area contributed by atoms with Gasteiger partial charge in [-0.1, -0.05) is 43.7 Å². The molecule has 0 spiro atoms. The lowest BCUT2D eigenvalue weighted by Crippen LogP contribution is -2.45. The van der Waals surface area contributed by atoms with Gasteiger partial charge in [0.15, 0.2) is 0 Å². The summed E-state index contributed by atoms with van der Waals surface area (Å²) in [4.78, 5) is 12.5. The highest BCUT2D eigenvalue weighted by Gasteiger charge is 2.41. The Labute approximate surface area is 161 Å². The summed E-state index contributed by atoms with van der Waals surface area (Å²) in [6.45, 7) is 7.79. The Kier molecular flexibility index (Phi) is 6.00. The summed E-state index contributed by atoms with van der Waals surface area (Å²) in [5, 5.41) is 10.1. The topological polar surface area (TPSA) is 67.0 Å². The Bertz CT molecular complexity index is 754. The first-order valence-electron chi connectivity index (χ1n) is 9.96. The van der Waals surface area contributed by atoms with Crippen molar-refractivity contribution < 1.29 is 9.53 Å². The zero-order valence-electron chi connectivity index (χ0n) is 16.7. The SMILES string of the molecule is CCCc1cc(C(=O)NCC[C@@]2(c3ccccc3)CCOC(C)(C)C2)n[nH]1. The van der Waals surface area contributed by atoms with E-state index in [1.807, 2.05) is 6.07 Å². The van der Waals surface area contributed by atoms with Gasteiger partial charge in [-0.05, 0) is 51.2 Å². The van der Waals surface area contributed by atoms with Crippen LogP contribution in [0.4, 0.5) is 0 Å². The number of rotatable bonds is 7. The van der Waals surface area contributed by atoms with Crippen molar-refractivity contribution in [3.63, 3.8) is 0 Å². The first-order chi connectivity index (χ1) is 12.9. The molecule has 1 fully saturated rings. The molecule has 0 bridgehead atoms. The van der Waals surface area contributed by atoms with Gasteiger partial charge in [-0.2, -0.15) is 5.10 Å². The van der Waals surface area contributed by atoms with Crippen LogP contribution in [0.1, 0.15) is 68.2 Å². The number of carbonyl (C=O) groups is 1. The summed E-state index contributed by atoms with van der Waals surface area (Å²) in [6.07, 6.45) is 4.75. The number of aryl methyl sites for hydroxylation is 1. The van der Waals surface area contributed by atoms with Crippen LogP contribution in [0, 0.1) is 0 Å². The number of H-pyrrole nitrogens is 1. The first-order valence-corrected chi connectivity index (χ1v) is 9.96. The maximum atomic E-state index is 12.5. The van der Waals surface area contributed by atoms with E-state index >= 15 is 0 Å². The van der Waals surface area contributed by atoms with E-state index in [4.69, 9.17) is 4.74 Å². The minimum Gasteiger partial charge on any atom is -0.376 e. The fourth-order valence-electron chi connectivity index (χ4n) is 4.25. The van der Waals surface area contributed by atoms with Gasteiger partial charge in [-0.25, -0.2) is 0 Å². The van der Waals surface area contributed by atoms with Crippen LogP contribution in [0.25, 0.3) is 0 Å². The van der Waals surface area contributed by atoms with Crippen LogP contribution in [0.15, 0.2) is 36.4 Å². The van der Waals surface area contributed by atoms with Crippen LogP contribution in [0.2, 0.25) is 0 Å². The lowest BCUT2D eigenvalue weighted by molar-refractivity contribution is -0.0838. The van der Waals surface area contributed by atoms with Crippen molar-refractivity contribution in [2.24, 2.45) is 0 Å². The van der Waals surface area contributed by atoms with Gasteiger partial charge in [0, 0.05) is 24.3 Å². The normalized spacial score (nSPS) is 21.7. The fourth-order valence-corrected chi connectivity index (χ4v) is 4.25. The molecule has 1 amide bonds. The Balaban J connectivity index is 1.67. The van der Waals surface area contributed by atoms with E-state index in [0.717, 1.165) is 44.4 Å². The molecule has 27 heavy (non-hydrogen) atoms. The number of hydrogen-bond donors (Lipinski definition) is 2. The summed E-state index contributed by atoms with van der Waals surface area (Å²) in [7, 11) is 0. The Morgan fingerprint density at radius 1 is 1.30 bits per heavy atom. The molecule has 0 radical (unpaired) electrons. The third-order valence-electron chi connectivity index (χ3n) is 5.50. The molecule has 2 N–H and O–H groups in total. The van der Waals surface area contributed by atoms with E-state index in [9.17, 15) is 4.79 Å².